The molecule has 2 heterocycles. The van der Waals surface area contributed by atoms with Crippen molar-refractivity contribution >= 4 is 29.6 Å². The lowest BCUT2D eigenvalue weighted by molar-refractivity contribution is 0.0528. The first kappa shape index (κ1) is 12.3. The van der Waals surface area contributed by atoms with E-state index in [4.69, 9.17) is 10.5 Å². The molecule has 0 aliphatic rings. The fourth-order valence-corrected chi connectivity index (χ4v) is 1.36. The smallest absolute Gasteiger partial charge is 0.341 e. The number of hydrogen-bond donors (Lipinski definition) is 1. The van der Waals surface area contributed by atoms with Gasteiger partial charge in [-0.25, -0.2) is 9.31 Å². The summed E-state index contributed by atoms with van der Waals surface area (Å²) in [5, 5.41) is 4.02. The van der Waals surface area contributed by atoms with E-state index < -0.39 is 0 Å². The molecule has 0 aromatic carbocycles. The minimum atomic E-state index is -0.377. The van der Waals surface area contributed by atoms with Gasteiger partial charge in [-0.15, -0.1) is 12.4 Å². The number of nitrogen functional groups attached to an aromatic ring is 1. The van der Waals surface area contributed by atoms with Gasteiger partial charge in [0.25, 0.3) is 0 Å². The van der Waals surface area contributed by atoms with Crippen LogP contribution in [0.15, 0.2) is 24.5 Å². The first-order valence-corrected chi connectivity index (χ1v) is 4.62. The third kappa shape index (κ3) is 2.09. The van der Waals surface area contributed by atoms with E-state index in [-0.39, 0.29) is 18.4 Å². The number of esters is 1. The van der Waals surface area contributed by atoms with Crippen molar-refractivity contribution < 1.29 is 9.53 Å². The predicted octanol–water partition coefficient (Wildman–Crippen LogP) is 1.51. The Kier molecular flexibility index (Phi) is 3.73. The fourth-order valence-electron chi connectivity index (χ4n) is 1.36. The van der Waals surface area contributed by atoms with E-state index in [1.807, 2.05) is 0 Å². The number of hydrogen-bond acceptors (Lipinski definition) is 4. The molecule has 2 N–H and O–H groups in total. The molecule has 0 spiro atoms. The molecule has 2 aromatic rings. The van der Waals surface area contributed by atoms with Gasteiger partial charge in [-0.05, 0) is 19.1 Å². The molecule has 0 fully saturated rings. The summed E-state index contributed by atoms with van der Waals surface area (Å²) < 4.78 is 6.49. The summed E-state index contributed by atoms with van der Waals surface area (Å²) in [5.41, 5.74) is 7.32. The lowest BCUT2D eigenvalue weighted by Gasteiger charge is -2.00. The molecule has 2 aromatic heterocycles. The molecule has 5 nitrogen and oxygen atoms in total. The average Bonchev–Trinajstić information content (AvgIpc) is 2.60. The zero-order valence-electron chi connectivity index (χ0n) is 8.71. The zero-order valence-corrected chi connectivity index (χ0v) is 9.53. The minimum absolute atomic E-state index is 0. The largest absolute Gasteiger partial charge is 0.462 e. The molecule has 0 radical (unpaired) electrons. The molecule has 0 unspecified atom stereocenters. The normalized spacial score (nSPS) is 9.81. The molecule has 0 aliphatic heterocycles. The second-order valence-corrected chi connectivity index (χ2v) is 3.07. The van der Waals surface area contributed by atoms with Gasteiger partial charge in [0, 0.05) is 11.9 Å². The Morgan fingerprint density at radius 3 is 3.06 bits per heavy atom. The number of rotatable bonds is 2. The van der Waals surface area contributed by atoms with E-state index in [1.54, 1.807) is 29.8 Å². The first-order chi connectivity index (χ1) is 7.22. The Balaban J connectivity index is 0.00000128. The number of aromatic nitrogens is 2. The number of nitrogens with zero attached hydrogens (tertiary/aromatic N) is 2. The zero-order chi connectivity index (χ0) is 10.8. The van der Waals surface area contributed by atoms with Crippen LogP contribution in [0.5, 0.6) is 0 Å². The lowest BCUT2D eigenvalue weighted by Crippen LogP contribution is -2.04. The predicted molar refractivity (Wildman–Crippen MR) is 62.8 cm³/mol. The Labute approximate surface area is 98.6 Å². The van der Waals surface area contributed by atoms with Crippen LogP contribution in [0, 0.1) is 0 Å². The van der Waals surface area contributed by atoms with Crippen LogP contribution in [0.4, 0.5) is 5.69 Å². The van der Waals surface area contributed by atoms with Crippen molar-refractivity contribution in [3.8, 4) is 0 Å². The SMILES string of the molecule is CCOC(=O)c1cnn2ccc(N)cc12.Cl. The number of carbonyl (C=O) groups excluding carboxylic acids is 1. The molecule has 0 atom stereocenters. The summed E-state index contributed by atoms with van der Waals surface area (Å²) in [5.74, 6) is -0.377. The highest BCUT2D eigenvalue weighted by Crippen LogP contribution is 2.14. The average molecular weight is 242 g/mol. The van der Waals surface area contributed by atoms with Crippen LogP contribution in [-0.2, 0) is 4.74 Å². The van der Waals surface area contributed by atoms with Crippen LogP contribution in [0.25, 0.3) is 5.52 Å². The van der Waals surface area contributed by atoms with Gasteiger partial charge in [0.15, 0.2) is 0 Å². The molecular formula is C10H12ClN3O2. The number of fused-ring (bicyclic) bond motifs is 1. The topological polar surface area (TPSA) is 69.6 Å². The first-order valence-electron chi connectivity index (χ1n) is 4.62. The Bertz CT molecular complexity index is 510. The molecule has 16 heavy (non-hydrogen) atoms. The van der Waals surface area contributed by atoms with E-state index in [9.17, 15) is 4.79 Å². The Morgan fingerprint density at radius 2 is 2.38 bits per heavy atom. The van der Waals surface area contributed by atoms with Crippen LogP contribution >= 0.6 is 12.4 Å². The molecule has 0 saturated carbocycles. The van der Waals surface area contributed by atoms with E-state index >= 15 is 0 Å². The lowest BCUT2D eigenvalue weighted by atomic mass is 10.2. The highest BCUT2D eigenvalue weighted by molar-refractivity contribution is 5.97. The molecule has 0 bridgehead atoms. The summed E-state index contributed by atoms with van der Waals surface area (Å²) >= 11 is 0. The molecule has 2 rings (SSSR count). The van der Waals surface area contributed by atoms with Crippen LogP contribution < -0.4 is 5.73 Å². The summed E-state index contributed by atoms with van der Waals surface area (Å²) in [6.07, 6.45) is 3.18. The third-order valence-corrected chi connectivity index (χ3v) is 2.04. The van der Waals surface area contributed by atoms with Crippen molar-refractivity contribution in [2.75, 3.05) is 12.3 Å². The number of halogens is 1. The molecule has 0 saturated heterocycles. The second-order valence-electron chi connectivity index (χ2n) is 3.07. The van der Waals surface area contributed by atoms with Crippen LogP contribution in [0.2, 0.25) is 0 Å². The van der Waals surface area contributed by atoms with Crippen LogP contribution in [0.3, 0.4) is 0 Å². The monoisotopic (exact) mass is 241 g/mol. The van der Waals surface area contributed by atoms with Crippen molar-refractivity contribution in [3.63, 3.8) is 0 Å². The number of pyridine rings is 1. The standard InChI is InChI=1S/C10H11N3O2.ClH/c1-2-15-10(14)8-6-12-13-4-3-7(11)5-9(8)13;/h3-6H,2,11H2,1H3;1H. The van der Waals surface area contributed by atoms with Gasteiger partial charge in [-0.3, -0.25) is 0 Å². The van der Waals surface area contributed by atoms with E-state index in [0.717, 1.165) is 0 Å². The van der Waals surface area contributed by atoms with Crippen molar-refractivity contribution in [1.82, 2.24) is 9.61 Å². The quantitative estimate of drug-likeness (QED) is 0.810. The summed E-state index contributed by atoms with van der Waals surface area (Å²) in [7, 11) is 0. The fraction of sp³-hybridized carbons (Fsp3) is 0.200. The Hall–Kier alpha value is -1.75. The van der Waals surface area contributed by atoms with E-state index in [1.165, 1.54) is 6.20 Å². The number of anilines is 1. The van der Waals surface area contributed by atoms with E-state index in [0.29, 0.717) is 23.4 Å². The van der Waals surface area contributed by atoms with Crippen molar-refractivity contribution in [3.05, 3.63) is 30.1 Å². The highest BCUT2D eigenvalue weighted by atomic mass is 35.5. The maximum absolute atomic E-state index is 11.5. The van der Waals surface area contributed by atoms with Gasteiger partial charge in [0.05, 0.1) is 18.3 Å². The second kappa shape index (κ2) is 4.85. The number of carbonyl (C=O) groups is 1. The third-order valence-electron chi connectivity index (χ3n) is 2.04. The number of nitrogens with two attached hydrogens (primary N) is 1. The van der Waals surface area contributed by atoms with Gasteiger partial charge < -0.3 is 10.5 Å². The van der Waals surface area contributed by atoms with Crippen molar-refractivity contribution in [2.24, 2.45) is 0 Å². The maximum Gasteiger partial charge on any atom is 0.341 e. The summed E-state index contributed by atoms with van der Waals surface area (Å²) in [6.45, 7) is 2.11. The van der Waals surface area contributed by atoms with Gasteiger partial charge in [-0.1, -0.05) is 0 Å². The van der Waals surface area contributed by atoms with Crippen LogP contribution in [-0.4, -0.2) is 22.2 Å². The van der Waals surface area contributed by atoms with Gasteiger partial charge in [-0.2, -0.15) is 5.10 Å². The molecule has 0 aliphatic carbocycles. The Morgan fingerprint density at radius 1 is 1.62 bits per heavy atom. The van der Waals surface area contributed by atoms with Crippen molar-refractivity contribution in [1.29, 1.82) is 0 Å². The molecule has 6 heteroatoms. The van der Waals surface area contributed by atoms with Crippen LogP contribution in [0.1, 0.15) is 17.3 Å². The van der Waals surface area contributed by atoms with Gasteiger partial charge in [0.2, 0.25) is 0 Å². The minimum Gasteiger partial charge on any atom is -0.462 e. The number of ether oxygens (including phenoxy) is 1. The molecule has 0 amide bonds. The summed E-state index contributed by atoms with van der Waals surface area (Å²) in [6, 6.07) is 3.41. The molecular weight excluding hydrogens is 230 g/mol. The van der Waals surface area contributed by atoms with E-state index in [2.05, 4.69) is 5.10 Å². The van der Waals surface area contributed by atoms with Crippen molar-refractivity contribution in [2.45, 2.75) is 6.92 Å². The van der Waals surface area contributed by atoms with Gasteiger partial charge in [0.1, 0.15) is 5.56 Å². The highest BCUT2D eigenvalue weighted by Gasteiger charge is 2.13. The maximum atomic E-state index is 11.5. The van der Waals surface area contributed by atoms with Gasteiger partial charge >= 0.3 is 5.97 Å². The summed E-state index contributed by atoms with van der Waals surface area (Å²) in [4.78, 5) is 11.5. The molecule has 86 valence electrons.